The van der Waals surface area contributed by atoms with Gasteiger partial charge in [-0.2, -0.15) is 0 Å². The van der Waals surface area contributed by atoms with Gasteiger partial charge >= 0.3 is 0 Å². The van der Waals surface area contributed by atoms with Gasteiger partial charge in [-0.25, -0.2) is 4.39 Å². The van der Waals surface area contributed by atoms with Crippen LogP contribution in [0.25, 0.3) is 11.1 Å². The molecule has 4 heteroatoms. The van der Waals surface area contributed by atoms with Gasteiger partial charge in [-0.3, -0.25) is 4.98 Å². The summed E-state index contributed by atoms with van der Waals surface area (Å²) in [5.74, 6) is -0.321. The van der Waals surface area contributed by atoms with Crippen molar-refractivity contribution in [2.75, 3.05) is 0 Å². The van der Waals surface area contributed by atoms with Crippen molar-refractivity contribution in [2.24, 2.45) is 0 Å². The van der Waals surface area contributed by atoms with Crippen LogP contribution in [-0.2, 0) is 0 Å². The zero-order valence-electron chi connectivity index (χ0n) is 7.55. The average molecular weight is 287 g/mol. The highest BCUT2D eigenvalue weighted by Gasteiger charge is 2.08. The summed E-state index contributed by atoms with van der Waals surface area (Å²) in [6.07, 6.45) is 3.29. The lowest BCUT2D eigenvalue weighted by molar-refractivity contribution is 0.627. The first kappa shape index (κ1) is 10.6. The Morgan fingerprint density at radius 2 is 1.87 bits per heavy atom. The van der Waals surface area contributed by atoms with Crippen molar-refractivity contribution in [3.8, 4) is 11.1 Å². The largest absolute Gasteiger partial charge is 0.265 e. The molecule has 1 aromatic carbocycles. The van der Waals surface area contributed by atoms with Crippen molar-refractivity contribution in [3.63, 3.8) is 0 Å². The van der Waals surface area contributed by atoms with E-state index in [1.165, 1.54) is 12.1 Å². The third-order valence-electron chi connectivity index (χ3n) is 1.98. The number of rotatable bonds is 1. The molecule has 0 spiro atoms. The van der Waals surface area contributed by atoms with Crippen LogP contribution in [0.2, 0.25) is 5.02 Å². The Balaban J connectivity index is 2.63. The van der Waals surface area contributed by atoms with Crippen LogP contribution >= 0.6 is 27.5 Å². The normalized spacial score (nSPS) is 10.3. The highest BCUT2D eigenvalue weighted by atomic mass is 79.9. The zero-order chi connectivity index (χ0) is 10.8. The Kier molecular flexibility index (Phi) is 3.03. The van der Waals surface area contributed by atoms with Crippen LogP contribution in [0.1, 0.15) is 0 Å². The number of hydrogen-bond acceptors (Lipinski definition) is 1. The van der Waals surface area contributed by atoms with Crippen molar-refractivity contribution in [1.29, 1.82) is 0 Å². The summed E-state index contributed by atoms with van der Waals surface area (Å²) in [4.78, 5) is 3.90. The number of pyridine rings is 1. The van der Waals surface area contributed by atoms with Gasteiger partial charge in [0.15, 0.2) is 0 Å². The minimum absolute atomic E-state index is 0.321. The highest BCUT2D eigenvalue weighted by molar-refractivity contribution is 9.10. The number of benzene rings is 1. The smallest absolute Gasteiger partial charge is 0.125 e. The molecule has 0 radical (unpaired) electrons. The van der Waals surface area contributed by atoms with E-state index in [-0.39, 0.29) is 5.82 Å². The van der Waals surface area contributed by atoms with Crippen LogP contribution < -0.4 is 0 Å². The maximum atomic E-state index is 13.2. The molecular formula is C11H6BrClFN. The third kappa shape index (κ3) is 2.19. The van der Waals surface area contributed by atoms with Crippen molar-refractivity contribution < 1.29 is 4.39 Å². The molecule has 1 nitrogen and oxygen atoms in total. The summed E-state index contributed by atoms with van der Waals surface area (Å²) in [6.45, 7) is 0. The van der Waals surface area contributed by atoms with E-state index in [9.17, 15) is 4.39 Å². The Labute approximate surface area is 100 Å². The van der Waals surface area contributed by atoms with Crippen molar-refractivity contribution in [1.82, 2.24) is 4.98 Å². The maximum Gasteiger partial charge on any atom is 0.125 e. The molecule has 2 aromatic rings. The molecule has 1 heterocycles. The van der Waals surface area contributed by atoms with Crippen LogP contribution in [0.3, 0.4) is 0 Å². The SMILES string of the molecule is Fc1cc(Br)c(Cl)c(-c2ccncc2)c1. The van der Waals surface area contributed by atoms with Crippen LogP contribution in [0, 0.1) is 5.82 Å². The molecule has 0 saturated heterocycles. The molecule has 0 bridgehead atoms. The molecule has 15 heavy (non-hydrogen) atoms. The number of aromatic nitrogens is 1. The molecule has 0 N–H and O–H groups in total. The second-order valence-electron chi connectivity index (χ2n) is 2.99. The van der Waals surface area contributed by atoms with Crippen LogP contribution in [0.5, 0.6) is 0 Å². The molecule has 0 amide bonds. The Hall–Kier alpha value is -0.930. The molecule has 0 atom stereocenters. The molecular weight excluding hydrogens is 280 g/mol. The third-order valence-corrected chi connectivity index (χ3v) is 3.25. The van der Waals surface area contributed by atoms with Gasteiger partial charge in [0, 0.05) is 22.4 Å². The van der Waals surface area contributed by atoms with Crippen LogP contribution in [0.4, 0.5) is 4.39 Å². The maximum absolute atomic E-state index is 13.2. The van der Waals surface area contributed by atoms with E-state index in [2.05, 4.69) is 20.9 Å². The van der Waals surface area contributed by atoms with E-state index in [1.54, 1.807) is 24.5 Å². The fraction of sp³-hybridized carbons (Fsp3) is 0. The molecule has 0 saturated carbocycles. The van der Waals surface area contributed by atoms with Gasteiger partial charge < -0.3 is 0 Å². The standard InChI is InChI=1S/C11H6BrClFN/c12-10-6-8(14)5-9(11(10)13)7-1-3-15-4-2-7/h1-6H. The van der Waals surface area contributed by atoms with Crippen molar-refractivity contribution in [2.45, 2.75) is 0 Å². The van der Waals surface area contributed by atoms with Gasteiger partial charge in [0.25, 0.3) is 0 Å². The van der Waals surface area contributed by atoms with Gasteiger partial charge in [-0.1, -0.05) is 11.6 Å². The number of halogens is 3. The van der Waals surface area contributed by atoms with E-state index in [4.69, 9.17) is 11.6 Å². The van der Waals surface area contributed by atoms with Gasteiger partial charge in [0.05, 0.1) is 5.02 Å². The number of nitrogens with zero attached hydrogens (tertiary/aromatic N) is 1. The van der Waals surface area contributed by atoms with Crippen LogP contribution in [0.15, 0.2) is 41.1 Å². The van der Waals surface area contributed by atoms with Gasteiger partial charge in [0.2, 0.25) is 0 Å². The minimum atomic E-state index is -0.321. The fourth-order valence-corrected chi connectivity index (χ4v) is 1.95. The Morgan fingerprint density at radius 3 is 2.53 bits per heavy atom. The molecule has 0 aliphatic carbocycles. The molecule has 0 aliphatic rings. The van der Waals surface area contributed by atoms with E-state index < -0.39 is 0 Å². The summed E-state index contributed by atoms with van der Waals surface area (Å²) in [5.41, 5.74) is 1.50. The van der Waals surface area contributed by atoms with Crippen molar-refractivity contribution in [3.05, 3.63) is 52.0 Å². The average Bonchev–Trinajstić information content (AvgIpc) is 2.24. The van der Waals surface area contributed by atoms with Gasteiger partial charge in [-0.05, 0) is 45.8 Å². The summed E-state index contributed by atoms with van der Waals surface area (Å²) < 4.78 is 13.7. The molecule has 76 valence electrons. The molecule has 2 rings (SSSR count). The lowest BCUT2D eigenvalue weighted by atomic mass is 10.1. The van der Waals surface area contributed by atoms with E-state index >= 15 is 0 Å². The second-order valence-corrected chi connectivity index (χ2v) is 4.22. The van der Waals surface area contributed by atoms with Crippen LogP contribution in [-0.4, -0.2) is 4.98 Å². The molecule has 0 unspecified atom stereocenters. The van der Waals surface area contributed by atoms with E-state index in [0.717, 1.165) is 5.56 Å². The van der Waals surface area contributed by atoms with E-state index in [1.807, 2.05) is 0 Å². The summed E-state index contributed by atoms with van der Waals surface area (Å²) >= 11 is 9.27. The molecule has 0 fully saturated rings. The first-order chi connectivity index (χ1) is 7.18. The summed E-state index contributed by atoms with van der Waals surface area (Å²) in [7, 11) is 0. The van der Waals surface area contributed by atoms with Gasteiger partial charge in [0.1, 0.15) is 5.82 Å². The summed E-state index contributed by atoms with van der Waals surface area (Å²) in [6, 6.07) is 6.32. The summed E-state index contributed by atoms with van der Waals surface area (Å²) in [5, 5.41) is 0.502. The zero-order valence-corrected chi connectivity index (χ0v) is 9.89. The number of hydrogen-bond donors (Lipinski definition) is 0. The second kappa shape index (κ2) is 4.29. The Bertz CT molecular complexity index is 487. The predicted octanol–water partition coefficient (Wildman–Crippen LogP) is 4.30. The van der Waals surface area contributed by atoms with Crippen molar-refractivity contribution >= 4 is 27.5 Å². The lowest BCUT2D eigenvalue weighted by Gasteiger charge is -2.06. The quantitative estimate of drug-likeness (QED) is 0.712. The van der Waals surface area contributed by atoms with Gasteiger partial charge in [-0.15, -0.1) is 0 Å². The Morgan fingerprint density at radius 1 is 1.20 bits per heavy atom. The monoisotopic (exact) mass is 285 g/mol. The molecule has 0 aliphatic heterocycles. The highest BCUT2D eigenvalue weighted by Crippen LogP contribution is 2.34. The van der Waals surface area contributed by atoms with E-state index in [0.29, 0.717) is 15.1 Å². The fourth-order valence-electron chi connectivity index (χ4n) is 1.30. The minimum Gasteiger partial charge on any atom is -0.265 e. The first-order valence-electron chi connectivity index (χ1n) is 4.23. The first-order valence-corrected chi connectivity index (χ1v) is 5.40. The predicted molar refractivity (Wildman–Crippen MR) is 62.3 cm³/mol. The topological polar surface area (TPSA) is 12.9 Å². The molecule has 1 aromatic heterocycles. The lowest BCUT2D eigenvalue weighted by Crippen LogP contribution is -1.84.